The van der Waals surface area contributed by atoms with Crippen LogP contribution < -0.4 is 0 Å². The van der Waals surface area contributed by atoms with Gasteiger partial charge in [-0.1, -0.05) is 6.07 Å². The van der Waals surface area contributed by atoms with Crippen LogP contribution in [-0.2, 0) is 9.59 Å². The lowest BCUT2D eigenvalue weighted by Gasteiger charge is -2.31. The van der Waals surface area contributed by atoms with E-state index >= 15 is 0 Å². The van der Waals surface area contributed by atoms with Gasteiger partial charge in [0, 0.05) is 19.4 Å². The van der Waals surface area contributed by atoms with Gasteiger partial charge in [-0.25, -0.2) is 4.79 Å². The molecule has 0 saturated carbocycles. The number of carboxylic acid groups (broad SMARTS) is 1. The summed E-state index contributed by atoms with van der Waals surface area (Å²) in [6, 6.07) is 3.52. The third-order valence-electron chi connectivity index (χ3n) is 3.76. The third kappa shape index (κ3) is 2.75. The van der Waals surface area contributed by atoms with Crippen molar-refractivity contribution in [3.05, 3.63) is 22.4 Å². The Morgan fingerprint density at radius 2 is 2.15 bits per heavy atom. The molecule has 1 unspecified atom stereocenters. The Bertz CT molecular complexity index is 525. The van der Waals surface area contributed by atoms with Crippen LogP contribution in [0.1, 0.15) is 42.3 Å². The summed E-state index contributed by atoms with van der Waals surface area (Å²) in [4.78, 5) is 37.3. The van der Waals surface area contributed by atoms with Gasteiger partial charge in [0.25, 0.3) is 0 Å². The number of likely N-dealkylation sites (tertiary alicyclic amines) is 1. The molecular formula is C14H17NO4S. The number of amides is 1. The fourth-order valence-corrected chi connectivity index (χ4v) is 3.20. The van der Waals surface area contributed by atoms with Gasteiger partial charge in [-0.2, -0.15) is 0 Å². The van der Waals surface area contributed by atoms with Crippen LogP contribution in [0, 0.1) is 0 Å². The number of carboxylic acids is 1. The number of hydrogen-bond donors (Lipinski definition) is 1. The van der Waals surface area contributed by atoms with E-state index in [4.69, 9.17) is 0 Å². The zero-order chi connectivity index (χ0) is 14.8. The molecule has 0 radical (unpaired) electrons. The molecule has 1 aromatic rings. The minimum Gasteiger partial charge on any atom is -0.480 e. The van der Waals surface area contributed by atoms with Gasteiger partial charge in [0.1, 0.15) is 5.54 Å². The molecule has 5 nitrogen and oxygen atoms in total. The lowest BCUT2D eigenvalue weighted by Crippen LogP contribution is -2.50. The van der Waals surface area contributed by atoms with E-state index in [0.717, 1.165) is 0 Å². The molecule has 1 aliphatic rings. The van der Waals surface area contributed by atoms with Gasteiger partial charge in [0.15, 0.2) is 5.78 Å². The first kappa shape index (κ1) is 14.7. The van der Waals surface area contributed by atoms with Gasteiger partial charge in [-0.15, -0.1) is 11.3 Å². The maximum absolute atomic E-state index is 12.2. The fraction of sp³-hybridized carbons (Fsp3) is 0.500. The average molecular weight is 295 g/mol. The summed E-state index contributed by atoms with van der Waals surface area (Å²) in [7, 11) is 0. The molecule has 2 rings (SSSR count). The molecule has 0 spiro atoms. The van der Waals surface area contributed by atoms with E-state index in [2.05, 4.69) is 0 Å². The van der Waals surface area contributed by atoms with Crippen LogP contribution in [0.5, 0.6) is 0 Å². The number of carbonyl (C=O) groups excluding carboxylic acids is 2. The van der Waals surface area contributed by atoms with Gasteiger partial charge >= 0.3 is 5.97 Å². The van der Waals surface area contributed by atoms with E-state index < -0.39 is 11.5 Å². The number of hydrogen-bond acceptors (Lipinski definition) is 4. The van der Waals surface area contributed by atoms with E-state index in [0.29, 0.717) is 24.3 Å². The Morgan fingerprint density at radius 1 is 1.40 bits per heavy atom. The number of ketones is 1. The maximum Gasteiger partial charge on any atom is 0.329 e. The monoisotopic (exact) mass is 295 g/mol. The van der Waals surface area contributed by atoms with Crippen LogP contribution in [-0.4, -0.2) is 39.7 Å². The van der Waals surface area contributed by atoms with E-state index in [9.17, 15) is 19.5 Å². The maximum atomic E-state index is 12.2. The Balaban J connectivity index is 1.95. The van der Waals surface area contributed by atoms with Gasteiger partial charge in [0.2, 0.25) is 5.91 Å². The van der Waals surface area contributed by atoms with Crippen molar-refractivity contribution in [3.8, 4) is 0 Å². The molecule has 1 fully saturated rings. The summed E-state index contributed by atoms with van der Waals surface area (Å²) in [6.07, 6.45) is 1.35. The highest BCUT2D eigenvalue weighted by Crippen LogP contribution is 2.30. The zero-order valence-electron chi connectivity index (χ0n) is 11.3. The second kappa shape index (κ2) is 5.75. The quantitative estimate of drug-likeness (QED) is 0.845. The molecule has 1 amide bonds. The predicted octanol–water partition coefficient (Wildman–Crippen LogP) is 2.18. The highest BCUT2D eigenvalue weighted by Gasteiger charge is 2.45. The van der Waals surface area contributed by atoms with Gasteiger partial charge in [0.05, 0.1) is 4.88 Å². The third-order valence-corrected chi connectivity index (χ3v) is 4.68. The normalized spacial score (nSPS) is 21.9. The fourth-order valence-electron chi connectivity index (χ4n) is 2.50. The number of Topliss-reactive ketones (excluding diaryl/α,β-unsaturated/α-hetero) is 1. The smallest absolute Gasteiger partial charge is 0.329 e. The van der Waals surface area contributed by atoms with Crippen LogP contribution in [0.15, 0.2) is 17.5 Å². The van der Waals surface area contributed by atoms with Crippen LogP contribution in [0.25, 0.3) is 0 Å². The van der Waals surface area contributed by atoms with E-state index in [-0.39, 0.29) is 24.5 Å². The average Bonchev–Trinajstić information content (AvgIpc) is 3.05. The van der Waals surface area contributed by atoms with Crippen molar-refractivity contribution in [2.24, 2.45) is 0 Å². The zero-order valence-corrected chi connectivity index (χ0v) is 12.1. The van der Waals surface area contributed by atoms with Crippen LogP contribution in [0.4, 0.5) is 0 Å². The number of thiophene rings is 1. The summed E-state index contributed by atoms with van der Waals surface area (Å²) in [5, 5.41) is 11.1. The molecule has 20 heavy (non-hydrogen) atoms. The SMILES string of the molecule is CC1(C(=O)O)CCCN1C(=O)CCC(=O)c1cccs1. The lowest BCUT2D eigenvalue weighted by molar-refractivity contribution is -0.155. The first-order valence-electron chi connectivity index (χ1n) is 6.56. The molecule has 1 aromatic heterocycles. The van der Waals surface area contributed by atoms with Gasteiger partial charge < -0.3 is 10.0 Å². The number of rotatable bonds is 5. The van der Waals surface area contributed by atoms with Crippen molar-refractivity contribution in [1.29, 1.82) is 0 Å². The molecular weight excluding hydrogens is 278 g/mol. The standard InChI is InChI=1S/C14H17NO4S/c1-14(13(18)19)7-3-8-15(14)12(17)6-5-10(16)11-4-2-9-20-11/h2,4,9H,3,5-8H2,1H3,(H,18,19). The second-order valence-electron chi connectivity index (χ2n) is 5.13. The topological polar surface area (TPSA) is 74.7 Å². The lowest BCUT2D eigenvalue weighted by atomic mass is 9.99. The molecule has 2 heterocycles. The minimum absolute atomic E-state index is 0.0652. The van der Waals surface area contributed by atoms with Gasteiger partial charge in [-0.05, 0) is 31.2 Å². The van der Waals surface area contributed by atoms with E-state index in [1.165, 1.54) is 16.2 Å². The van der Waals surface area contributed by atoms with Crippen molar-refractivity contribution in [2.45, 2.75) is 38.1 Å². The second-order valence-corrected chi connectivity index (χ2v) is 6.08. The molecule has 1 saturated heterocycles. The molecule has 0 bridgehead atoms. The molecule has 1 atom stereocenters. The van der Waals surface area contributed by atoms with Crippen molar-refractivity contribution in [1.82, 2.24) is 4.90 Å². The van der Waals surface area contributed by atoms with Crippen LogP contribution >= 0.6 is 11.3 Å². The Morgan fingerprint density at radius 3 is 2.75 bits per heavy atom. The van der Waals surface area contributed by atoms with Crippen molar-refractivity contribution in [3.63, 3.8) is 0 Å². The first-order valence-corrected chi connectivity index (χ1v) is 7.43. The minimum atomic E-state index is -1.12. The van der Waals surface area contributed by atoms with Crippen LogP contribution in [0.2, 0.25) is 0 Å². The Kier molecular flexibility index (Phi) is 4.23. The summed E-state index contributed by atoms with van der Waals surface area (Å²) in [5.41, 5.74) is -1.12. The molecule has 1 N–H and O–H groups in total. The summed E-state index contributed by atoms with van der Waals surface area (Å²) < 4.78 is 0. The molecule has 108 valence electrons. The summed E-state index contributed by atoms with van der Waals surface area (Å²) in [6.45, 7) is 2.02. The molecule has 0 aliphatic carbocycles. The molecule has 0 aromatic carbocycles. The summed E-state index contributed by atoms with van der Waals surface area (Å²) in [5.74, 6) is -1.30. The molecule has 1 aliphatic heterocycles. The van der Waals surface area contributed by atoms with E-state index in [1.807, 2.05) is 5.38 Å². The van der Waals surface area contributed by atoms with Crippen molar-refractivity contribution >= 4 is 29.0 Å². The largest absolute Gasteiger partial charge is 0.480 e. The molecule has 6 heteroatoms. The van der Waals surface area contributed by atoms with E-state index in [1.54, 1.807) is 19.1 Å². The van der Waals surface area contributed by atoms with Crippen molar-refractivity contribution < 1.29 is 19.5 Å². The van der Waals surface area contributed by atoms with Crippen molar-refractivity contribution in [2.75, 3.05) is 6.54 Å². The summed E-state index contributed by atoms with van der Waals surface area (Å²) >= 11 is 1.35. The van der Waals surface area contributed by atoms with Crippen LogP contribution in [0.3, 0.4) is 0 Å². The predicted molar refractivity (Wildman–Crippen MR) is 74.9 cm³/mol. The number of nitrogens with zero attached hydrogens (tertiary/aromatic N) is 1. The Labute approximate surface area is 121 Å². The first-order chi connectivity index (χ1) is 9.45. The Hall–Kier alpha value is -1.69. The number of aliphatic carboxylic acids is 1. The van der Waals surface area contributed by atoms with Gasteiger partial charge in [-0.3, -0.25) is 9.59 Å². The highest BCUT2D eigenvalue weighted by atomic mass is 32.1. The highest BCUT2D eigenvalue weighted by molar-refractivity contribution is 7.12. The number of carbonyl (C=O) groups is 3.